The molecule has 0 spiro atoms. The van der Waals surface area contributed by atoms with Crippen LogP contribution < -0.4 is 0 Å². The minimum absolute atomic E-state index is 0. The first-order valence-corrected chi connectivity index (χ1v) is 39.8. The van der Waals surface area contributed by atoms with Gasteiger partial charge in [0.05, 0.1) is 16.6 Å². The number of rotatable bonds is 14. The van der Waals surface area contributed by atoms with Crippen LogP contribution in [0.1, 0.15) is 363 Å². The van der Waals surface area contributed by atoms with Crippen LogP contribution in [0.2, 0.25) is 0 Å². The first-order chi connectivity index (χ1) is 51.2. The summed E-state index contributed by atoms with van der Waals surface area (Å²) in [6.45, 7) is 61.8. The molecule has 0 saturated carbocycles. The Balaban J connectivity index is 0.000000199. The van der Waals surface area contributed by atoms with Crippen molar-refractivity contribution in [1.29, 1.82) is 0 Å². The van der Waals surface area contributed by atoms with E-state index >= 15 is 0 Å². The highest BCUT2D eigenvalue weighted by Gasteiger charge is 2.20. The lowest BCUT2D eigenvalue weighted by Gasteiger charge is -2.15. The topological polar surface area (TPSA) is 155 Å². The summed E-state index contributed by atoms with van der Waals surface area (Å²) < 4.78 is 0. The maximum atomic E-state index is 4.80. The molecular weight excluding hydrogens is 1330 g/mol. The fourth-order valence-corrected chi connectivity index (χ4v) is 13.4. The fraction of sp³-hybridized carbons (Fsp3) is 0.443. The third-order valence-corrected chi connectivity index (χ3v) is 19.2. The van der Waals surface area contributed by atoms with E-state index in [0.717, 1.165) is 66.6 Å². The number of benzene rings is 3. The van der Waals surface area contributed by atoms with Gasteiger partial charge in [0, 0.05) is 98.3 Å². The molecule has 0 radical (unpaired) electrons. The molecule has 0 atom stereocenters. The molecule has 0 unspecified atom stereocenters. The van der Waals surface area contributed by atoms with Crippen molar-refractivity contribution in [3.63, 3.8) is 0 Å². The lowest BCUT2D eigenvalue weighted by atomic mass is 9.91. The van der Waals surface area contributed by atoms with Crippen molar-refractivity contribution in [3.8, 4) is 0 Å². The molecule has 0 amide bonds. The summed E-state index contributed by atoms with van der Waals surface area (Å²) in [5, 5.41) is 5.79. The van der Waals surface area contributed by atoms with Crippen LogP contribution in [0.5, 0.6) is 0 Å². The maximum absolute atomic E-state index is 4.80. The van der Waals surface area contributed by atoms with Gasteiger partial charge in [0.1, 0.15) is 11.8 Å². The second-order valence-corrected chi connectivity index (χ2v) is 32.9. The summed E-state index contributed by atoms with van der Waals surface area (Å²) in [4.78, 5) is 53.6. The van der Waals surface area contributed by atoms with E-state index in [1.807, 2.05) is 24.5 Å². The predicted molar refractivity (Wildman–Crippen MR) is 468 cm³/mol. The lowest BCUT2D eigenvalue weighted by Crippen LogP contribution is -2.03. The Labute approximate surface area is 655 Å². The summed E-state index contributed by atoms with van der Waals surface area (Å²) in [7, 11) is 0. The standard InChI is InChI=1S/2C15H19N.2C14H18N2.2C13H17N3.C12H18.CH4/c2*1-10(2)13-9-12-7-5-6-8-14(12)16-15(13)11(3)4;1-9(2)12-7-11-8-15-6-5-13(11)16-14(12)10(3)4;1-9(2)12-8-11-6-5-7-15-14(11)16-13(12)10(3)4;1-8(2)11-5-10-6-14-7-15-13(10)16-12(11)9(3)4;1-8(2)10-7-11-13(15-6-5-14-11)16-12(10)9(3)4;1-9(2)11-7-5-6-8-12(11)10(3)4;/h2*5-11H,1-4H3;2*5-10H,1-4H3;2*5-9H,1-4H3;5-10H,1-4H3;1H4. The second kappa shape index (κ2) is 41.4. The minimum atomic E-state index is 0. The first-order valence-electron chi connectivity index (χ1n) is 39.8. The van der Waals surface area contributed by atoms with Gasteiger partial charge >= 0.3 is 0 Å². The van der Waals surface area contributed by atoms with Crippen molar-refractivity contribution in [1.82, 2.24) is 59.8 Å². The van der Waals surface area contributed by atoms with E-state index in [9.17, 15) is 0 Å². The van der Waals surface area contributed by atoms with Crippen LogP contribution in [0.4, 0.5) is 0 Å². The number of para-hydroxylation sites is 2. The van der Waals surface area contributed by atoms with Gasteiger partial charge in [-0.1, -0.05) is 262 Å². The predicted octanol–water partition coefficient (Wildman–Crippen LogP) is 27.8. The fourth-order valence-electron chi connectivity index (χ4n) is 13.4. The molecule has 12 heteroatoms. The summed E-state index contributed by atoms with van der Waals surface area (Å²) in [6, 6.07) is 44.8. The first kappa shape index (κ1) is 88.5. The van der Waals surface area contributed by atoms with E-state index in [0.29, 0.717) is 82.9 Å². The third-order valence-electron chi connectivity index (χ3n) is 19.2. The van der Waals surface area contributed by atoms with Gasteiger partial charge in [-0.3, -0.25) is 24.9 Å². The van der Waals surface area contributed by atoms with Crippen LogP contribution in [-0.2, 0) is 0 Å². The number of nitrogens with zero attached hydrogens (tertiary/aromatic N) is 12. The summed E-state index contributed by atoms with van der Waals surface area (Å²) in [5.41, 5.74) is 24.7. The van der Waals surface area contributed by atoms with E-state index in [2.05, 4.69) is 354 Å². The van der Waals surface area contributed by atoms with Crippen LogP contribution in [0.25, 0.3) is 65.9 Å². The van der Waals surface area contributed by atoms with Crippen molar-refractivity contribution in [2.75, 3.05) is 0 Å². The highest BCUT2D eigenvalue weighted by Crippen LogP contribution is 2.34. The maximum Gasteiger partial charge on any atom is 0.178 e. The number of aromatic nitrogens is 12. The summed E-state index contributed by atoms with van der Waals surface area (Å²) >= 11 is 0. The van der Waals surface area contributed by atoms with E-state index in [-0.39, 0.29) is 7.43 Å². The lowest BCUT2D eigenvalue weighted by molar-refractivity contribution is 0.762. The molecule has 109 heavy (non-hydrogen) atoms. The molecule has 0 saturated heterocycles. The molecule has 10 heterocycles. The van der Waals surface area contributed by atoms with E-state index in [1.54, 1.807) is 31.1 Å². The average Bonchev–Trinajstić information content (AvgIpc) is 0.834. The van der Waals surface area contributed by atoms with Crippen molar-refractivity contribution in [2.24, 2.45) is 0 Å². The second-order valence-electron chi connectivity index (χ2n) is 32.9. The number of fused-ring (bicyclic) bond motifs is 6. The number of hydrogen-bond donors (Lipinski definition) is 0. The smallest absolute Gasteiger partial charge is 0.178 e. The summed E-state index contributed by atoms with van der Waals surface area (Å²) in [5.74, 6) is 7.06. The van der Waals surface area contributed by atoms with Crippen LogP contribution in [0, 0.1) is 0 Å². The molecule has 3 aromatic carbocycles. The van der Waals surface area contributed by atoms with Crippen molar-refractivity contribution in [2.45, 2.75) is 284 Å². The van der Waals surface area contributed by atoms with Gasteiger partial charge in [-0.05, 0) is 194 Å². The van der Waals surface area contributed by atoms with Gasteiger partial charge in [-0.2, -0.15) is 0 Å². The Morgan fingerprint density at radius 2 is 0.505 bits per heavy atom. The van der Waals surface area contributed by atoms with Crippen LogP contribution in [0.15, 0.2) is 171 Å². The minimum Gasteiger partial charge on any atom is -0.264 e. The van der Waals surface area contributed by atoms with Crippen molar-refractivity contribution in [3.05, 3.63) is 250 Å². The third kappa shape index (κ3) is 24.0. The zero-order chi connectivity index (χ0) is 79.4. The normalized spacial score (nSPS) is 11.5. The Morgan fingerprint density at radius 3 is 0.917 bits per heavy atom. The monoisotopic (exact) mass is 1460 g/mol. The van der Waals surface area contributed by atoms with E-state index in [4.69, 9.17) is 15.0 Å². The SMILES string of the molecule is C.CC(C)c1cc2ccccc2nc1C(C)C.CC(C)c1cc2ccccc2nc1C(C)C.CC(C)c1cc2cccnc2nc1C(C)C.CC(C)c1cc2cnccc2nc1C(C)C.CC(C)c1cc2cncnc2nc1C(C)C.CC(C)c1cc2nccnc2nc1C(C)C.CC(C)c1ccccc1C(C)C. The van der Waals surface area contributed by atoms with Crippen molar-refractivity contribution >= 4 is 65.9 Å². The van der Waals surface area contributed by atoms with Gasteiger partial charge in [0.2, 0.25) is 0 Å². The van der Waals surface area contributed by atoms with Gasteiger partial charge in [-0.25, -0.2) is 34.9 Å². The molecular formula is C97H130N12. The Kier molecular flexibility index (Phi) is 33.6. The zero-order valence-corrected chi connectivity index (χ0v) is 70.6. The molecule has 13 rings (SSSR count). The molecule has 0 bridgehead atoms. The van der Waals surface area contributed by atoms with Crippen molar-refractivity contribution < 1.29 is 0 Å². The Morgan fingerprint density at radius 1 is 0.202 bits per heavy atom. The molecule has 0 aliphatic carbocycles. The highest BCUT2D eigenvalue weighted by atomic mass is 14.9. The zero-order valence-electron chi connectivity index (χ0n) is 70.6. The van der Waals surface area contributed by atoms with Crippen LogP contribution >= 0.6 is 0 Å². The molecule has 0 N–H and O–H groups in total. The molecule has 0 fully saturated rings. The average molecular weight is 1460 g/mol. The molecule has 578 valence electrons. The highest BCUT2D eigenvalue weighted by molar-refractivity contribution is 5.82. The van der Waals surface area contributed by atoms with Gasteiger partial charge in [-0.15, -0.1) is 0 Å². The Bertz CT molecular complexity index is 3960. The van der Waals surface area contributed by atoms with Crippen LogP contribution in [0.3, 0.4) is 0 Å². The Hall–Kier alpha value is -9.42. The molecule has 0 aliphatic rings. The van der Waals surface area contributed by atoms with Gasteiger partial charge in [0.15, 0.2) is 16.9 Å². The van der Waals surface area contributed by atoms with Gasteiger partial charge < -0.3 is 0 Å². The molecule has 0 aliphatic heterocycles. The van der Waals surface area contributed by atoms with Gasteiger partial charge in [0.25, 0.3) is 0 Å². The largest absolute Gasteiger partial charge is 0.264 e. The molecule has 10 aromatic heterocycles. The molecule has 12 nitrogen and oxygen atoms in total. The quantitative estimate of drug-likeness (QED) is 0.102. The number of pyridine rings is 8. The van der Waals surface area contributed by atoms with Crippen LogP contribution in [-0.4, -0.2) is 59.8 Å². The van der Waals surface area contributed by atoms with E-state index < -0.39 is 0 Å². The number of hydrogen-bond acceptors (Lipinski definition) is 12. The molecule has 13 aromatic rings. The van der Waals surface area contributed by atoms with E-state index in [1.165, 1.54) is 78.1 Å². The summed E-state index contributed by atoms with van der Waals surface area (Å²) in [6.07, 6.45) is 12.3.